The summed E-state index contributed by atoms with van der Waals surface area (Å²) in [7, 11) is 2.53. The zero-order chi connectivity index (χ0) is 14.6. The third kappa shape index (κ3) is 9.97. The molecule has 0 heterocycles. The maximum Gasteiger partial charge on any atom is 0.334 e. The molecule has 0 radical (unpaired) electrons. The Morgan fingerprint density at radius 1 is 0.944 bits per heavy atom. The molecule has 0 aliphatic carbocycles. The van der Waals surface area contributed by atoms with Crippen LogP contribution in [0.3, 0.4) is 0 Å². The summed E-state index contributed by atoms with van der Waals surface area (Å²) in [4.78, 5) is 21.8. The maximum atomic E-state index is 10.9. The van der Waals surface area contributed by atoms with Crippen LogP contribution in [0.25, 0.3) is 0 Å². The van der Waals surface area contributed by atoms with Gasteiger partial charge in [-0.25, -0.2) is 9.59 Å². The van der Waals surface area contributed by atoms with Crippen LogP contribution in [-0.4, -0.2) is 62.2 Å². The quantitative estimate of drug-likeness (QED) is 0.467. The van der Waals surface area contributed by atoms with Crippen LogP contribution in [0.15, 0.2) is 0 Å². The second-order valence-electron chi connectivity index (χ2n) is 2.92. The van der Waals surface area contributed by atoms with Crippen molar-refractivity contribution in [3.63, 3.8) is 0 Å². The molecular formula is C10H20O8. The lowest BCUT2D eigenvalue weighted by molar-refractivity contribution is -0.175. The molecule has 0 aromatic rings. The molecule has 2 N–H and O–H groups in total. The molecule has 0 spiro atoms. The molecule has 2 unspecified atom stereocenters. The molecule has 2 atom stereocenters. The van der Waals surface area contributed by atoms with Crippen LogP contribution in [0, 0.1) is 0 Å². The van der Waals surface area contributed by atoms with Gasteiger partial charge in [-0.15, -0.1) is 0 Å². The van der Waals surface area contributed by atoms with Gasteiger partial charge in [0.2, 0.25) is 0 Å². The number of esters is 2. The monoisotopic (exact) mass is 268 g/mol. The Balaban J connectivity index is 0. The summed E-state index contributed by atoms with van der Waals surface area (Å²) >= 11 is 0. The Bertz CT molecular complexity index is 208. The summed E-state index contributed by atoms with van der Waals surface area (Å²) in [6.07, 6.45) is -1.44. The van der Waals surface area contributed by atoms with Gasteiger partial charge in [0.1, 0.15) is 13.6 Å². The molecule has 18 heavy (non-hydrogen) atoms. The van der Waals surface area contributed by atoms with E-state index in [0.29, 0.717) is 0 Å². The molecular weight excluding hydrogens is 248 g/mol. The van der Waals surface area contributed by atoms with Gasteiger partial charge in [0, 0.05) is 0 Å². The van der Waals surface area contributed by atoms with Crippen molar-refractivity contribution in [1.82, 2.24) is 0 Å². The number of carbonyl (C=O) groups is 2. The van der Waals surface area contributed by atoms with Gasteiger partial charge < -0.3 is 29.2 Å². The highest BCUT2D eigenvalue weighted by molar-refractivity contribution is 5.74. The summed E-state index contributed by atoms with van der Waals surface area (Å²) in [5.41, 5.74) is 0. The van der Waals surface area contributed by atoms with E-state index in [1.807, 2.05) is 0 Å². The molecule has 0 amide bonds. The number of ether oxygens (including phenoxy) is 4. The van der Waals surface area contributed by atoms with Crippen LogP contribution in [-0.2, 0) is 28.5 Å². The lowest BCUT2D eigenvalue weighted by Crippen LogP contribution is -2.27. The molecule has 0 aromatic carbocycles. The van der Waals surface area contributed by atoms with Gasteiger partial charge in [-0.1, -0.05) is 0 Å². The minimum atomic E-state index is -0.750. The van der Waals surface area contributed by atoms with Crippen LogP contribution in [0.4, 0.5) is 0 Å². The normalized spacial score (nSPS) is 12.8. The number of hydrogen-bond acceptors (Lipinski definition) is 8. The smallest absolute Gasteiger partial charge is 0.334 e. The van der Waals surface area contributed by atoms with Crippen molar-refractivity contribution in [2.24, 2.45) is 0 Å². The fraction of sp³-hybridized carbons (Fsp3) is 0.800. The summed E-state index contributed by atoms with van der Waals surface area (Å²) in [5, 5.41) is 14.2. The first-order chi connectivity index (χ1) is 8.44. The van der Waals surface area contributed by atoms with Crippen molar-refractivity contribution in [3.8, 4) is 0 Å². The van der Waals surface area contributed by atoms with Gasteiger partial charge in [0.05, 0.1) is 14.2 Å². The second kappa shape index (κ2) is 12.2. The van der Waals surface area contributed by atoms with Gasteiger partial charge in [0.15, 0.2) is 12.2 Å². The van der Waals surface area contributed by atoms with Crippen LogP contribution in [0.5, 0.6) is 0 Å². The van der Waals surface area contributed by atoms with Crippen LogP contribution in [0.2, 0.25) is 0 Å². The first kappa shape index (κ1) is 19.1. The van der Waals surface area contributed by atoms with Crippen LogP contribution >= 0.6 is 0 Å². The first-order valence-electron chi connectivity index (χ1n) is 5.05. The molecule has 0 fully saturated rings. The molecule has 0 saturated carbocycles. The van der Waals surface area contributed by atoms with E-state index < -0.39 is 30.9 Å². The number of hydrogen-bond donors (Lipinski definition) is 2. The number of aliphatic hydroxyl groups excluding tert-OH is 1. The van der Waals surface area contributed by atoms with Crippen molar-refractivity contribution < 1.29 is 38.7 Å². The lowest BCUT2D eigenvalue weighted by atomic mass is 10.4. The number of carbonyl (C=O) groups excluding carboxylic acids is 2. The summed E-state index contributed by atoms with van der Waals surface area (Å²) < 4.78 is 18.8. The van der Waals surface area contributed by atoms with Gasteiger partial charge in [0.25, 0.3) is 0 Å². The minimum Gasteiger partial charge on any atom is -0.467 e. The number of methoxy groups -OCH3 is 2. The largest absolute Gasteiger partial charge is 0.467 e. The molecule has 8 nitrogen and oxygen atoms in total. The van der Waals surface area contributed by atoms with Crippen molar-refractivity contribution in [2.75, 3.05) is 27.8 Å². The predicted molar refractivity (Wildman–Crippen MR) is 59.3 cm³/mol. The standard InChI is InChI=1S/C9H16O6.CH4O2/c1-6(8(10)12-3)14-5-15-7(2)9(11)13-4;2-1-3/h6-7H,5H2,1-4H3;2-3H,1H2. The van der Waals surface area contributed by atoms with Crippen LogP contribution in [0.1, 0.15) is 13.8 Å². The fourth-order valence-corrected chi connectivity index (χ4v) is 0.711. The zero-order valence-electron chi connectivity index (χ0n) is 10.9. The second-order valence-corrected chi connectivity index (χ2v) is 2.92. The first-order valence-corrected chi connectivity index (χ1v) is 5.05. The predicted octanol–water partition coefficient (Wildman–Crippen LogP) is -0.971. The molecule has 0 aliphatic rings. The Labute approximate surface area is 105 Å². The molecule has 108 valence electrons. The summed E-state index contributed by atoms with van der Waals surface area (Å²) in [6, 6.07) is 0. The van der Waals surface area contributed by atoms with E-state index in [9.17, 15) is 9.59 Å². The Morgan fingerprint density at radius 3 is 1.44 bits per heavy atom. The van der Waals surface area contributed by atoms with Crippen LogP contribution < -0.4 is 0 Å². The molecule has 0 saturated heterocycles. The highest BCUT2D eigenvalue weighted by Crippen LogP contribution is 1.98. The maximum absolute atomic E-state index is 10.9. The minimum absolute atomic E-state index is 0.174. The highest BCUT2D eigenvalue weighted by atomic mass is 16.7. The molecule has 0 bridgehead atoms. The molecule has 8 heteroatoms. The van der Waals surface area contributed by atoms with Gasteiger partial charge in [-0.2, -0.15) is 0 Å². The Kier molecular flexibility index (Phi) is 13.0. The molecule has 0 aromatic heterocycles. The SMILES string of the molecule is COC(=O)C(C)OCOC(C)C(=O)OC.OCO. The van der Waals surface area contributed by atoms with Gasteiger partial charge in [-0.05, 0) is 13.8 Å². The van der Waals surface area contributed by atoms with Crippen molar-refractivity contribution in [2.45, 2.75) is 26.1 Å². The average Bonchev–Trinajstić information content (AvgIpc) is 2.37. The number of rotatable bonds is 6. The van der Waals surface area contributed by atoms with E-state index in [1.165, 1.54) is 28.1 Å². The lowest BCUT2D eigenvalue weighted by Gasteiger charge is -2.13. The van der Waals surface area contributed by atoms with Crippen molar-refractivity contribution in [3.05, 3.63) is 0 Å². The number of aliphatic hydroxyl groups is 2. The zero-order valence-corrected chi connectivity index (χ0v) is 10.9. The van der Waals surface area contributed by atoms with E-state index in [2.05, 4.69) is 9.47 Å². The summed E-state index contributed by atoms with van der Waals surface area (Å²) in [5.74, 6) is -0.992. The molecule has 0 rings (SSSR count). The third-order valence-corrected chi connectivity index (χ3v) is 1.70. The Hall–Kier alpha value is -1.22. The average molecular weight is 268 g/mol. The van der Waals surface area contributed by atoms with Gasteiger partial charge >= 0.3 is 11.9 Å². The van der Waals surface area contributed by atoms with E-state index in [-0.39, 0.29) is 6.79 Å². The topological polar surface area (TPSA) is 112 Å². The Morgan fingerprint density at radius 2 is 1.22 bits per heavy atom. The fourth-order valence-electron chi connectivity index (χ4n) is 0.711. The van der Waals surface area contributed by atoms with E-state index in [0.717, 1.165) is 0 Å². The van der Waals surface area contributed by atoms with E-state index in [4.69, 9.17) is 19.7 Å². The van der Waals surface area contributed by atoms with Gasteiger partial charge in [-0.3, -0.25) is 0 Å². The van der Waals surface area contributed by atoms with E-state index >= 15 is 0 Å². The van der Waals surface area contributed by atoms with Crippen molar-refractivity contribution >= 4 is 11.9 Å². The van der Waals surface area contributed by atoms with E-state index in [1.54, 1.807) is 0 Å². The third-order valence-electron chi connectivity index (χ3n) is 1.70. The molecule has 0 aliphatic heterocycles. The summed E-state index contributed by atoms with van der Waals surface area (Å²) in [6.45, 7) is 2.13. The highest BCUT2D eigenvalue weighted by Gasteiger charge is 2.16. The van der Waals surface area contributed by atoms with Crippen molar-refractivity contribution in [1.29, 1.82) is 0 Å².